The van der Waals surface area contributed by atoms with Gasteiger partial charge in [0.15, 0.2) is 0 Å². The van der Waals surface area contributed by atoms with Crippen molar-refractivity contribution in [3.63, 3.8) is 0 Å². The average Bonchev–Trinajstić information content (AvgIpc) is 2.78. The number of hydrogen-bond acceptors (Lipinski definition) is 2. The highest BCUT2D eigenvalue weighted by atomic mass is 15.3. The van der Waals surface area contributed by atoms with Gasteiger partial charge < -0.3 is 0 Å². The number of nitrogens with zero attached hydrogens (tertiary/aromatic N) is 4. The molecule has 4 nitrogen and oxygen atoms in total. The van der Waals surface area contributed by atoms with Crippen LogP contribution in [0.1, 0.15) is 17.8 Å². The molecule has 2 aromatic heterocycles. The summed E-state index contributed by atoms with van der Waals surface area (Å²) >= 11 is 0. The third-order valence-corrected chi connectivity index (χ3v) is 2.60. The molecule has 2 aromatic rings. The Hall–Kier alpha value is -1.58. The molecule has 0 aliphatic rings. The second kappa shape index (κ2) is 4.29. The van der Waals surface area contributed by atoms with E-state index in [-0.39, 0.29) is 0 Å². The quantitative estimate of drug-likeness (QED) is 0.761. The molecule has 0 saturated carbocycles. The topological polar surface area (TPSA) is 35.6 Å². The van der Waals surface area contributed by atoms with Crippen LogP contribution in [-0.4, -0.2) is 19.6 Å². The van der Waals surface area contributed by atoms with Crippen LogP contribution in [0, 0.1) is 13.8 Å². The van der Waals surface area contributed by atoms with Crippen LogP contribution in [0.4, 0.5) is 0 Å². The highest BCUT2D eigenvalue weighted by molar-refractivity contribution is 4.97. The molecule has 2 rings (SSSR count). The fourth-order valence-electron chi connectivity index (χ4n) is 1.64. The molecule has 2 heterocycles. The highest BCUT2D eigenvalue weighted by Gasteiger charge is 1.99. The van der Waals surface area contributed by atoms with Gasteiger partial charge in [-0.25, -0.2) is 0 Å². The first-order valence-corrected chi connectivity index (χ1v) is 5.24. The molecule has 0 amide bonds. The first-order valence-electron chi connectivity index (χ1n) is 5.24. The second-order valence-electron chi connectivity index (χ2n) is 3.75. The molecule has 0 N–H and O–H groups in total. The minimum Gasteiger partial charge on any atom is -0.270 e. The van der Waals surface area contributed by atoms with E-state index in [4.69, 9.17) is 0 Å². The Kier molecular flexibility index (Phi) is 2.85. The maximum atomic E-state index is 4.24. The third kappa shape index (κ3) is 2.26. The van der Waals surface area contributed by atoms with Gasteiger partial charge in [0.25, 0.3) is 0 Å². The summed E-state index contributed by atoms with van der Waals surface area (Å²) in [6.07, 6.45) is 4.74. The van der Waals surface area contributed by atoms with Crippen molar-refractivity contribution in [1.29, 1.82) is 0 Å². The maximum absolute atomic E-state index is 4.24. The highest BCUT2D eigenvalue weighted by Crippen LogP contribution is 2.01. The maximum Gasteiger partial charge on any atom is 0.0492 e. The van der Waals surface area contributed by atoms with Crippen molar-refractivity contribution in [2.75, 3.05) is 0 Å². The molecule has 0 fully saturated rings. The van der Waals surface area contributed by atoms with Gasteiger partial charge in [-0.3, -0.25) is 9.36 Å². The lowest BCUT2D eigenvalue weighted by Gasteiger charge is -2.06. The summed E-state index contributed by atoms with van der Waals surface area (Å²) in [5.41, 5.74) is 2.43. The Morgan fingerprint density at radius 1 is 0.933 bits per heavy atom. The molecular formula is C11H16N4. The SMILES string of the molecule is Cc1ccnn1CCCn1nccc1C. The van der Waals surface area contributed by atoms with Gasteiger partial charge in [0.05, 0.1) is 0 Å². The van der Waals surface area contributed by atoms with Crippen molar-refractivity contribution >= 4 is 0 Å². The molecule has 0 aliphatic heterocycles. The molecule has 0 saturated heterocycles. The van der Waals surface area contributed by atoms with Crippen molar-refractivity contribution in [3.05, 3.63) is 35.9 Å². The van der Waals surface area contributed by atoms with Crippen molar-refractivity contribution in [1.82, 2.24) is 19.6 Å². The lowest BCUT2D eigenvalue weighted by atomic mass is 10.4. The van der Waals surface area contributed by atoms with Crippen molar-refractivity contribution in [3.8, 4) is 0 Å². The molecule has 0 atom stereocenters. The molecule has 0 spiro atoms. The van der Waals surface area contributed by atoms with E-state index in [9.17, 15) is 0 Å². The van der Waals surface area contributed by atoms with Gasteiger partial charge in [0, 0.05) is 36.9 Å². The van der Waals surface area contributed by atoms with Gasteiger partial charge in [-0.15, -0.1) is 0 Å². The largest absolute Gasteiger partial charge is 0.270 e. The summed E-state index contributed by atoms with van der Waals surface area (Å²) in [7, 11) is 0. The fourth-order valence-corrected chi connectivity index (χ4v) is 1.64. The van der Waals surface area contributed by atoms with Crippen LogP contribution >= 0.6 is 0 Å². The summed E-state index contributed by atoms with van der Waals surface area (Å²) in [6, 6.07) is 4.05. The first kappa shape index (κ1) is 9.96. The van der Waals surface area contributed by atoms with E-state index in [0.29, 0.717) is 0 Å². The predicted molar refractivity (Wildman–Crippen MR) is 58.5 cm³/mol. The van der Waals surface area contributed by atoms with E-state index in [0.717, 1.165) is 19.5 Å². The molecule has 0 aromatic carbocycles. The monoisotopic (exact) mass is 204 g/mol. The van der Waals surface area contributed by atoms with Crippen LogP contribution in [0.15, 0.2) is 24.5 Å². The van der Waals surface area contributed by atoms with Crippen molar-refractivity contribution in [2.24, 2.45) is 0 Å². The molecule has 4 heteroatoms. The second-order valence-corrected chi connectivity index (χ2v) is 3.75. The van der Waals surface area contributed by atoms with Crippen LogP contribution in [0.25, 0.3) is 0 Å². The number of aromatic nitrogens is 4. The minimum atomic E-state index is 0.956. The summed E-state index contributed by atoms with van der Waals surface area (Å²) in [6.45, 7) is 6.06. The van der Waals surface area contributed by atoms with Gasteiger partial charge in [0.1, 0.15) is 0 Å². The molecule has 15 heavy (non-hydrogen) atoms. The van der Waals surface area contributed by atoms with Crippen molar-refractivity contribution in [2.45, 2.75) is 33.4 Å². The zero-order valence-corrected chi connectivity index (χ0v) is 9.22. The van der Waals surface area contributed by atoms with Crippen LogP contribution in [0.5, 0.6) is 0 Å². The molecule has 0 radical (unpaired) electrons. The van der Waals surface area contributed by atoms with E-state index in [1.165, 1.54) is 11.4 Å². The van der Waals surface area contributed by atoms with E-state index < -0.39 is 0 Å². The summed E-state index contributed by atoms with van der Waals surface area (Å²) < 4.78 is 4.05. The Labute approximate surface area is 89.5 Å². The Bertz CT molecular complexity index is 387. The fraction of sp³-hybridized carbons (Fsp3) is 0.455. The normalized spacial score (nSPS) is 10.8. The zero-order chi connectivity index (χ0) is 10.7. The molecular weight excluding hydrogens is 188 g/mol. The first-order chi connectivity index (χ1) is 7.27. The molecule has 0 bridgehead atoms. The molecule has 80 valence electrons. The van der Waals surface area contributed by atoms with Gasteiger partial charge >= 0.3 is 0 Å². The van der Waals surface area contributed by atoms with E-state index >= 15 is 0 Å². The van der Waals surface area contributed by atoms with Gasteiger partial charge in [-0.05, 0) is 32.4 Å². The lowest BCUT2D eigenvalue weighted by molar-refractivity contribution is 0.488. The van der Waals surface area contributed by atoms with Gasteiger partial charge in [-0.1, -0.05) is 0 Å². The van der Waals surface area contributed by atoms with E-state index in [1.54, 1.807) is 0 Å². The third-order valence-electron chi connectivity index (χ3n) is 2.60. The van der Waals surface area contributed by atoms with Gasteiger partial charge in [0.2, 0.25) is 0 Å². The summed E-state index contributed by atoms with van der Waals surface area (Å²) in [5, 5.41) is 8.49. The van der Waals surface area contributed by atoms with Crippen LogP contribution in [-0.2, 0) is 13.1 Å². The van der Waals surface area contributed by atoms with Crippen molar-refractivity contribution < 1.29 is 0 Å². The lowest BCUT2D eigenvalue weighted by Crippen LogP contribution is -2.08. The zero-order valence-electron chi connectivity index (χ0n) is 9.22. The smallest absolute Gasteiger partial charge is 0.0492 e. The Morgan fingerprint density at radius 2 is 1.40 bits per heavy atom. The van der Waals surface area contributed by atoms with E-state index in [1.807, 2.05) is 33.9 Å². The Balaban J connectivity index is 1.86. The standard InChI is InChI=1S/C11H16N4/c1-10-4-6-12-14(10)8-3-9-15-11(2)5-7-13-15/h4-7H,3,8-9H2,1-2H3. The van der Waals surface area contributed by atoms with Crippen LogP contribution in [0.3, 0.4) is 0 Å². The number of rotatable bonds is 4. The van der Waals surface area contributed by atoms with Crippen LogP contribution < -0.4 is 0 Å². The summed E-state index contributed by atoms with van der Waals surface area (Å²) in [4.78, 5) is 0. The molecule has 0 aliphatic carbocycles. The Morgan fingerprint density at radius 3 is 1.73 bits per heavy atom. The molecule has 0 unspecified atom stereocenters. The van der Waals surface area contributed by atoms with Crippen LogP contribution in [0.2, 0.25) is 0 Å². The van der Waals surface area contributed by atoms with Gasteiger partial charge in [-0.2, -0.15) is 10.2 Å². The number of hydrogen-bond donors (Lipinski definition) is 0. The number of aryl methyl sites for hydroxylation is 4. The van der Waals surface area contributed by atoms with E-state index in [2.05, 4.69) is 24.0 Å². The average molecular weight is 204 g/mol. The predicted octanol–water partition coefficient (Wildman–Crippen LogP) is 1.79. The summed E-state index contributed by atoms with van der Waals surface area (Å²) in [5.74, 6) is 0. The minimum absolute atomic E-state index is 0.956.